The van der Waals surface area contributed by atoms with E-state index in [1.54, 1.807) is 20.8 Å². The molecule has 8 heteroatoms. The van der Waals surface area contributed by atoms with Gasteiger partial charge in [-0.2, -0.15) is 13.2 Å². The molecule has 2 rings (SSSR count). The van der Waals surface area contributed by atoms with Crippen molar-refractivity contribution in [3.05, 3.63) is 34.6 Å². The molecule has 2 amide bonds. The highest BCUT2D eigenvalue weighted by atomic mass is 19.4. The molecular formula is C22H31F3N2O3. The summed E-state index contributed by atoms with van der Waals surface area (Å²) in [5, 5.41) is 5.30. The average molecular weight is 428 g/mol. The molecule has 0 saturated heterocycles. The Kier molecular flexibility index (Phi) is 7.77. The van der Waals surface area contributed by atoms with Crippen molar-refractivity contribution in [3.8, 4) is 0 Å². The molecule has 0 bridgehead atoms. The largest absolute Gasteiger partial charge is 0.497 e. The van der Waals surface area contributed by atoms with Gasteiger partial charge in [-0.3, -0.25) is 9.59 Å². The van der Waals surface area contributed by atoms with Crippen LogP contribution in [0.25, 0.3) is 0 Å². The summed E-state index contributed by atoms with van der Waals surface area (Å²) in [5.41, 5.74) is -1.18. The van der Waals surface area contributed by atoms with Gasteiger partial charge in [-0.25, -0.2) is 0 Å². The first-order chi connectivity index (χ1) is 14.1. The molecule has 0 aromatic heterocycles. The SMILES string of the molecule is CCC(CC)(NC(=O)C1=C(C)CCC(OCC2CC2)=C(C(F)(F)F)C=C1)C(=O)NC. The quantitative estimate of drug-likeness (QED) is 0.605. The van der Waals surface area contributed by atoms with Gasteiger partial charge in [0.2, 0.25) is 5.91 Å². The van der Waals surface area contributed by atoms with Crippen molar-refractivity contribution in [2.75, 3.05) is 13.7 Å². The minimum atomic E-state index is -4.58. The number of alkyl halides is 3. The van der Waals surface area contributed by atoms with Crippen LogP contribution in [-0.2, 0) is 14.3 Å². The van der Waals surface area contributed by atoms with E-state index in [0.29, 0.717) is 30.9 Å². The molecule has 30 heavy (non-hydrogen) atoms. The number of amides is 2. The molecule has 0 atom stereocenters. The number of halogens is 3. The van der Waals surface area contributed by atoms with Crippen LogP contribution in [0.4, 0.5) is 13.2 Å². The zero-order valence-corrected chi connectivity index (χ0v) is 18.0. The number of ether oxygens (including phenoxy) is 1. The second-order valence-electron chi connectivity index (χ2n) is 7.94. The van der Waals surface area contributed by atoms with Gasteiger partial charge >= 0.3 is 6.18 Å². The van der Waals surface area contributed by atoms with Gasteiger partial charge < -0.3 is 15.4 Å². The number of nitrogens with one attached hydrogen (secondary N) is 2. The van der Waals surface area contributed by atoms with Crippen LogP contribution in [0.15, 0.2) is 34.6 Å². The van der Waals surface area contributed by atoms with Crippen LogP contribution in [0.5, 0.6) is 0 Å². The van der Waals surface area contributed by atoms with Crippen molar-refractivity contribution in [3.63, 3.8) is 0 Å². The molecule has 0 aliphatic heterocycles. The first-order valence-corrected chi connectivity index (χ1v) is 10.4. The lowest BCUT2D eigenvalue weighted by atomic mass is 9.90. The average Bonchev–Trinajstić information content (AvgIpc) is 3.51. The lowest BCUT2D eigenvalue weighted by Crippen LogP contribution is -2.57. The molecule has 2 aliphatic rings. The van der Waals surface area contributed by atoms with E-state index in [0.717, 1.165) is 18.9 Å². The van der Waals surface area contributed by atoms with E-state index >= 15 is 0 Å². The number of carbonyl (C=O) groups excluding carboxylic acids is 2. The molecule has 5 nitrogen and oxygen atoms in total. The highest BCUT2D eigenvalue weighted by molar-refractivity contribution is 6.01. The lowest BCUT2D eigenvalue weighted by Gasteiger charge is -2.31. The first-order valence-electron chi connectivity index (χ1n) is 10.4. The Morgan fingerprint density at radius 1 is 1.13 bits per heavy atom. The number of allylic oxidation sites excluding steroid dienone is 4. The summed E-state index contributed by atoms with van der Waals surface area (Å²) in [5.74, 6) is -0.632. The maximum absolute atomic E-state index is 13.6. The van der Waals surface area contributed by atoms with Gasteiger partial charge in [-0.1, -0.05) is 19.4 Å². The second-order valence-corrected chi connectivity index (χ2v) is 7.94. The molecule has 0 unspecified atom stereocenters. The van der Waals surface area contributed by atoms with Crippen molar-refractivity contribution in [1.82, 2.24) is 10.6 Å². The molecule has 2 aliphatic carbocycles. The molecule has 2 N–H and O–H groups in total. The second kappa shape index (κ2) is 9.71. The summed E-state index contributed by atoms with van der Waals surface area (Å²) in [6.07, 6.45) is 0.531. The Morgan fingerprint density at radius 2 is 1.77 bits per heavy atom. The van der Waals surface area contributed by atoms with Crippen molar-refractivity contribution in [1.29, 1.82) is 0 Å². The van der Waals surface area contributed by atoms with Crippen LogP contribution in [0, 0.1) is 5.92 Å². The van der Waals surface area contributed by atoms with E-state index < -0.39 is 23.2 Å². The fraction of sp³-hybridized carbons (Fsp3) is 0.636. The van der Waals surface area contributed by atoms with Crippen molar-refractivity contribution >= 4 is 11.8 Å². The predicted molar refractivity (Wildman–Crippen MR) is 108 cm³/mol. The van der Waals surface area contributed by atoms with Gasteiger partial charge in [0.15, 0.2) is 0 Å². The van der Waals surface area contributed by atoms with E-state index in [1.807, 2.05) is 0 Å². The minimum Gasteiger partial charge on any atom is -0.497 e. The Bertz CT molecular complexity index is 758. The van der Waals surface area contributed by atoms with Crippen LogP contribution in [-0.4, -0.2) is 37.2 Å². The van der Waals surface area contributed by atoms with Gasteiger partial charge in [-0.05, 0) is 57.1 Å². The number of carbonyl (C=O) groups is 2. The maximum Gasteiger partial charge on any atom is 0.419 e. The van der Waals surface area contributed by atoms with E-state index in [9.17, 15) is 22.8 Å². The first kappa shape index (κ1) is 24.0. The maximum atomic E-state index is 13.6. The molecular weight excluding hydrogens is 397 g/mol. The molecule has 0 aromatic rings. The van der Waals surface area contributed by atoms with E-state index in [4.69, 9.17) is 4.74 Å². The minimum absolute atomic E-state index is 0.0661. The molecule has 0 spiro atoms. The van der Waals surface area contributed by atoms with Crippen LogP contribution in [0.3, 0.4) is 0 Å². The molecule has 168 valence electrons. The third kappa shape index (κ3) is 5.67. The zero-order chi connectivity index (χ0) is 22.5. The van der Waals surface area contributed by atoms with E-state index in [-0.39, 0.29) is 30.1 Å². The Labute approximate surface area is 175 Å². The van der Waals surface area contributed by atoms with Gasteiger partial charge in [0.1, 0.15) is 11.3 Å². The molecule has 0 heterocycles. The highest BCUT2D eigenvalue weighted by Gasteiger charge is 2.38. The number of likely N-dealkylation sites (N-methyl/N-ethyl adjacent to an activating group) is 1. The normalized spacial score (nSPS) is 18.1. The fourth-order valence-electron chi connectivity index (χ4n) is 3.48. The zero-order valence-electron chi connectivity index (χ0n) is 18.0. The summed E-state index contributed by atoms with van der Waals surface area (Å²) in [6.45, 7) is 5.57. The number of hydrogen-bond acceptors (Lipinski definition) is 3. The summed E-state index contributed by atoms with van der Waals surface area (Å²) < 4.78 is 46.4. The van der Waals surface area contributed by atoms with Crippen LogP contribution < -0.4 is 10.6 Å². The predicted octanol–water partition coefficient (Wildman–Crippen LogP) is 4.32. The van der Waals surface area contributed by atoms with Gasteiger partial charge in [-0.15, -0.1) is 0 Å². The fourth-order valence-corrected chi connectivity index (χ4v) is 3.48. The lowest BCUT2D eigenvalue weighted by molar-refractivity contribution is -0.132. The van der Waals surface area contributed by atoms with Gasteiger partial charge in [0.05, 0.1) is 12.2 Å². The van der Waals surface area contributed by atoms with Crippen molar-refractivity contribution < 1.29 is 27.5 Å². The van der Waals surface area contributed by atoms with Crippen LogP contribution in [0.2, 0.25) is 0 Å². The third-order valence-corrected chi connectivity index (χ3v) is 5.87. The Balaban J connectivity index is 2.32. The smallest absolute Gasteiger partial charge is 0.419 e. The molecule has 0 radical (unpaired) electrons. The summed E-state index contributed by atoms with van der Waals surface area (Å²) in [6, 6.07) is 0. The van der Waals surface area contributed by atoms with Gasteiger partial charge in [0, 0.05) is 19.0 Å². The van der Waals surface area contributed by atoms with E-state index in [2.05, 4.69) is 10.6 Å². The summed E-state index contributed by atoms with van der Waals surface area (Å²) >= 11 is 0. The topological polar surface area (TPSA) is 67.4 Å². The van der Waals surface area contributed by atoms with Crippen LogP contribution in [0.1, 0.15) is 59.3 Å². The number of hydrogen-bond donors (Lipinski definition) is 2. The molecule has 0 aromatic carbocycles. The standard InChI is InChI=1S/C22H31F3N2O3/c1-5-21(6-2,20(29)26-4)27-19(28)16-10-11-17(22(23,24)25)18(12-7-14(16)3)30-13-15-8-9-15/h10-11,15H,5-9,12-13H2,1-4H3,(H,26,29)(H,27,28). The Morgan fingerprint density at radius 3 is 2.27 bits per heavy atom. The molecule has 1 fully saturated rings. The van der Waals surface area contributed by atoms with Crippen molar-refractivity contribution in [2.45, 2.75) is 71.0 Å². The summed E-state index contributed by atoms with van der Waals surface area (Å²) in [4.78, 5) is 25.3. The Hall–Kier alpha value is -2.25. The number of rotatable bonds is 8. The molecule has 1 saturated carbocycles. The monoisotopic (exact) mass is 428 g/mol. The summed E-state index contributed by atoms with van der Waals surface area (Å²) in [7, 11) is 1.48. The van der Waals surface area contributed by atoms with Crippen molar-refractivity contribution in [2.24, 2.45) is 5.92 Å². The van der Waals surface area contributed by atoms with Crippen LogP contribution >= 0.6 is 0 Å². The third-order valence-electron chi connectivity index (χ3n) is 5.87. The highest BCUT2D eigenvalue weighted by Crippen LogP contribution is 2.36. The van der Waals surface area contributed by atoms with E-state index in [1.165, 1.54) is 13.1 Å². The van der Waals surface area contributed by atoms with Gasteiger partial charge in [0.25, 0.3) is 5.91 Å².